The molecule has 2 aromatic carbocycles. The second-order valence-corrected chi connectivity index (χ2v) is 5.80. The summed E-state index contributed by atoms with van der Waals surface area (Å²) in [7, 11) is 0. The number of hydrogen-bond donors (Lipinski definition) is 1. The zero-order valence-electron chi connectivity index (χ0n) is 14.8. The Morgan fingerprint density at radius 1 is 1.04 bits per heavy atom. The quantitative estimate of drug-likeness (QED) is 0.864. The molecule has 25 heavy (non-hydrogen) atoms. The normalized spacial score (nSPS) is 10.4. The van der Waals surface area contributed by atoms with Crippen LogP contribution < -0.4 is 10.2 Å². The Hall–Kier alpha value is -2.69. The highest BCUT2D eigenvalue weighted by molar-refractivity contribution is 6.02. The van der Waals surface area contributed by atoms with Gasteiger partial charge in [0.2, 0.25) is 11.8 Å². The summed E-state index contributed by atoms with van der Waals surface area (Å²) < 4.78 is 13.3. The molecule has 1 N–H and O–H groups in total. The van der Waals surface area contributed by atoms with Crippen LogP contribution in [0.4, 0.5) is 15.8 Å². The monoisotopic (exact) mass is 342 g/mol. The SMILES string of the molecule is CCc1cccc(CC)c1N(CC(=O)Nc1cccc(F)c1)C(C)=O. The van der Waals surface area contributed by atoms with Crippen molar-refractivity contribution in [1.29, 1.82) is 0 Å². The molecule has 0 aliphatic carbocycles. The van der Waals surface area contributed by atoms with E-state index in [0.717, 1.165) is 29.7 Å². The van der Waals surface area contributed by atoms with Gasteiger partial charge in [-0.25, -0.2) is 4.39 Å². The Morgan fingerprint density at radius 2 is 1.64 bits per heavy atom. The van der Waals surface area contributed by atoms with E-state index in [1.54, 1.807) is 6.07 Å². The summed E-state index contributed by atoms with van der Waals surface area (Å²) in [6, 6.07) is 11.6. The van der Waals surface area contributed by atoms with Crippen LogP contribution in [0.25, 0.3) is 0 Å². The molecule has 4 nitrogen and oxygen atoms in total. The Balaban J connectivity index is 2.27. The average molecular weight is 342 g/mol. The van der Waals surface area contributed by atoms with E-state index >= 15 is 0 Å². The maximum absolute atomic E-state index is 13.3. The number of anilines is 2. The third-order valence-corrected chi connectivity index (χ3v) is 4.03. The fourth-order valence-corrected chi connectivity index (χ4v) is 2.82. The molecule has 0 heterocycles. The third-order valence-electron chi connectivity index (χ3n) is 4.03. The molecule has 0 radical (unpaired) electrons. The molecule has 0 bridgehead atoms. The minimum atomic E-state index is -0.425. The molecule has 0 spiro atoms. The van der Waals surface area contributed by atoms with Crippen LogP contribution >= 0.6 is 0 Å². The van der Waals surface area contributed by atoms with E-state index in [1.165, 1.54) is 30.0 Å². The molecule has 0 aliphatic rings. The summed E-state index contributed by atoms with van der Waals surface area (Å²) in [5.74, 6) is -0.996. The number of nitrogens with one attached hydrogen (secondary N) is 1. The molecule has 2 rings (SSSR count). The van der Waals surface area contributed by atoms with Gasteiger partial charge in [-0.3, -0.25) is 9.59 Å². The largest absolute Gasteiger partial charge is 0.324 e. The predicted molar refractivity (Wildman–Crippen MR) is 98.3 cm³/mol. The molecule has 2 amide bonds. The molecule has 5 heteroatoms. The van der Waals surface area contributed by atoms with Crippen LogP contribution in [0.5, 0.6) is 0 Å². The Labute approximate surface area is 147 Å². The Morgan fingerprint density at radius 3 is 2.16 bits per heavy atom. The van der Waals surface area contributed by atoms with Crippen molar-refractivity contribution in [2.75, 3.05) is 16.8 Å². The van der Waals surface area contributed by atoms with Gasteiger partial charge in [0.25, 0.3) is 0 Å². The van der Waals surface area contributed by atoms with Crippen LogP contribution in [0.3, 0.4) is 0 Å². The summed E-state index contributed by atoms with van der Waals surface area (Å²) in [5, 5.41) is 2.64. The van der Waals surface area contributed by atoms with E-state index in [0.29, 0.717) is 5.69 Å². The van der Waals surface area contributed by atoms with Crippen molar-refractivity contribution in [3.05, 3.63) is 59.4 Å². The highest BCUT2D eigenvalue weighted by Crippen LogP contribution is 2.27. The van der Waals surface area contributed by atoms with E-state index in [2.05, 4.69) is 5.32 Å². The van der Waals surface area contributed by atoms with E-state index in [-0.39, 0.29) is 18.4 Å². The van der Waals surface area contributed by atoms with Crippen molar-refractivity contribution in [1.82, 2.24) is 0 Å². The number of carbonyl (C=O) groups excluding carboxylic acids is 2. The first-order chi connectivity index (χ1) is 12.0. The van der Waals surface area contributed by atoms with Crippen LogP contribution in [0.1, 0.15) is 31.9 Å². The zero-order valence-corrected chi connectivity index (χ0v) is 14.8. The standard InChI is InChI=1S/C20H23FN2O2/c1-4-15-8-6-9-16(5-2)20(15)23(14(3)24)13-19(25)22-18-11-7-10-17(21)12-18/h6-12H,4-5,13H2,1-3H3,(H,22,25). The van der Waals surface area contributed by atoms with E-state index in [9.17, 15) is 14.0 Å². The van der Waals surface area contributed by atoms with Gasteiger partial charge in [-0.05, 0) is 42.2 Å². The van der Waals surface area contributed by atoms with Gasteiger partial charge in [-0.2, -0.15) is 0 Å². The molecule has 0 saturated heterocycles. The van der Waals surface area contributed by atoms with Crippen LogP contribution in [0.15, 0.2) is 42.5 Å². The molecule has 0 saturated carbocycles. The number of halogens is 1. The fraction of sp³-hybridized carbons (Fsp3) is 0.300. The summed E-state index contributed by atoms with van der Waals surface area (Å²) >= 11 is 0. The van der Waals surface area contributed by atoms with Gasteiger partial charge in [0.1, 0.15) is 12.4 Å². The summed E-state index contributed by atoms with van der Waals surface area (Å²) in [4.78, 5) is 26.1. The van der Waals surface area contributed by atoms with Crippen molar-refractivity contribution >= 4 is 23.2 Å². The highest BCUT2D eigenvalue weighted by Gasteiger charge is 2.21. The summed E-state index contributed by atoms with van der Waals surface area (Å²) in [6.07, 6.45) is 1.52. The first-order valence-electron chi connectivity index (χ1n) is 8.40. The van der Waals surface area contributed by atoms with Crippen molar-refractivity contribution in [3.8, 4) is 0 Å². The molecule has 0 fully saturated rings. The maximum atomic E-state index is 13.3. The lowest BCUT2D eigenvalue weighted by Gasteiger charge is -2.26. The molecule has 0 atom stereocenters. The summed E-state index contributed by atoms with van der Waals surface area (Å²) in [5.41, 5.74) is 3.21. The molecular weight excluding hydrogens is 319 g/mol. The van der Waals surface area contributed by atoms with Crippen molar-refractivity contribution < 1.29 is 14.0 Å². The molecular formula is C20H23FN2O2. The molecule has 0 aromatic heterocycles. The number of hydrogen-bond acceptors (Lipinski definition) is 2. The number of benzene rings is 2. The van der Waals surface area contributed by atoms with E-state index < -0.39 is 5.82 Å². The predicted octanol–water partition coefficient (Wildman–Crippen LogP) is 3.94. The van der Waals surface area contributed by atoms with Crippen LogP contribution in [0.2, 0.25) is 0 Å². The lowest BCUT2D eigenvalue weighted by Crippen LogP contribution is -2.38. The van der Waals surface area contributed by atoms with Gasteiger partial charge >= 0.3 is 0 Å². The van der Waals surface area contributed by atoms with Gasteiger partial charge in [0.05, 0.1) is 5.69 Å². The molecule has 2 aromatic rings. The molecule has 0 unspecified atom stereocenters. The van der Waals surface area contributed by atoms with Gasteiger partial charge in [-0.15, -0.1) is 0 Å². The lowest BCUT2D eigenvalue weighted by molar-refractivity contribution is -0.120. The van der Waals surface area contributed by atoms with Gasteiger partial charge in [0, 0.05) is 12.6 Å². The van der Waals surface area contributed by atoms with E-state index in [4.69, 9.17) is 0 Å². The average Bonchev–Trinajstić information content (AvgIpc) is 2.58. The smallest absolute Gasteiger partial charge is 0.244 e. The number of carbonyl (C=O) groups is 2. The Kier molecular flexibility index (Phi) is 6.28. The second-order valence-electron chi connectivity index (χ2n) is 5.80. The number of amides is 2. The van der Waals surface area contributed by atoms with Crippen molar-refractivity contribution in [3.63, 3.8) is 0 Å². The van der Waals surface area contributed by atoms with Gasteiger partial charge in [-0.1, -0.05) is 38.1 Å². The van der Waals surface area contributed by atoms with Crippen LogP contribution in [-0.4, -0.2) is 18.4 Å². The number of nitrogens with zero attached hydrogens (tertiary/aromatic N) is 1. The number of aryl methyl sites for hydroxylation is 2. The zero-order chi connectivity index (χ0) is 18.4. The van der Waals surface area contributed by atoms with Crippen molar-refractivity contribution in [2.45, 2.75) is 33.6 Å². The molecule has 0 aliphatic heterocycles. The number of para-hydroxylation sites is 1. The van der Waals surface area contributed by atoms with Gasteiger partial charge < -0.3 is 10.2 Å². The second kappa shape index (κ2) is 8.42. The van der Waals surface area contributed by atoms with Gasteiger partial charge in [0.15, 0.2) is 0 Å². The van der Waals surface area contributed by atoms with Crippen molar-refractivity contribution in [2.24, 2.45) is 0 Å². The topological polar surface area (TPSA) is 49.4 Å². The third kappa shape index (κ3) is 4.66. The first-order valence-corrected chi connectivity index (χ1v) is 8.40. The maximum Gasteiger partial charge on any atom is 0.244 e. The minimum Gasteiger partial charge on any atom is -0.324 e. The highest BCUT2D eigenvalue weighted by atomic mass is 19.1. The molecule has 132 valence electrons. The number of rotatable bonds is 6. The van der Waals surface area contributed by atoms with E-state index in [1.807, 2.05) is 32.0 Å². The first kappa shape index (κ1) is 18.6. The van der Waals surface area contributed by atoms with Crippen LogP contribution in [-0.2, 0) is 22.4 Å². The van der Waals surface area contributed by atoms with Crippen LogP contribution in [0, 0.1) is 5.82 Å². The fourth-order valence-electron chi connectivity index (χ4n) is 2.82. The summed E-state index contributed by atoms with van der Waals surface area (Å²) in [6.45, 7) is 5.37. The Bertz CT molecular complexity index is 752. The lowest BCUT2D eigenvalue weighted by atomic mass is 10.0. The minimum absolute atomic E-state index is 0.115.